The number of hydrogen-bond acceptors (Lipinski definition) is 5. The number of allylic oxidation sites excluding steroid dienone is 1. The van der Waals surface area contributed by atoms with Gasteiger partial charge in [0.15, 0.2) is 16.7 Å². The zero-order valence-electron chi connectivity index (χ0n) is 16.4. The molecule has 0 N–H and O–H groups in total. The van der Waals surface area contributed by atoms with Gasteiger partial charge in [0.05, 0.1) is 12.5 Å². The molecule has 29 heavy (non-hydrogen) atoms. The molecule has 0 bridgehead atoms. The van der Waals surface area contributed by atoms with Crippen LogP contribution >= 0.6 is 23.1 Å². The average molecular weight is 431 g/mol. The summed E-state index contributed by atoms with van der Waals surface area (Å²) in [7, 11) is 1.45. The molecular formula is C22H23FN2O2S2. The summed E-state index contributed by atoms with van der Waals surface area (Å²) in [5.41, 5.74) is 2.03. The fraction of sp³-hybridized carbons (Fsp3) is 0.364. The van der Waals surface area contributed by atoms with Crippen molar-refractivity contribution in [2.45, 2.75) is 49.6 Å². The van der Waals surface area contributed by atoms with Crippen LogP contribution in [0.15, 0.2) is 40.8 Å². The molecule has 1 aromatic carbocycles. The molecule has 0 saturated heterocycles. The Kier molecular flexibility index (Phi) is 6.06. The molecule has 2 heterocycles. The van der Waals surface area contributed by atoms with Crippen molar-refractivity contribution < 1.29 is 9.13 Å². The van der Waals surface area contributed by atoms with E-state index in [1.807, 2.05) is 6.07 Å². The number of methoxy groups -OCH3 is 1. The van der Waals surface area contributed by atoms with Crippen LogP contribution in [0.5, 0.6) is 5.75 Å². The second-order valence-electron chi connectivity index (χ2n) is 7.10. The van der Waals surface area contributed by atoms with Gasteiger partial charge in [0.1, 0.15) is 4.83 Å². The van der Waals surface area contributed by atoms with Gasteiger partial charge in [-0.2, -0.15) is 0 Å². The molecule has 0 fully saturated rings. The summed E-state index contributed by atoms with van der Waals surface area (Å²) in [4.78, 5) is 20.3. The Morgan fingerprint density at radius 3 is 2.93 bits per heavy atom. The van der Waals surface area contributed by atoms with Crippen molar-refractivity contribution in [1.82, 2.24) is 9.55 Å². The van der Waals surface area contributed by atoms with Gasteiger partial charge >= 0.3 is 0 Å². The fourth-order valence-corrected chi connectivity index (χ4v) is 6.00. The van der Waals surface area contributed by atoms with Crippen LogP contribution in [0.2, 0.25) is 0 Å². The molecule has 0 unspecified atom stereocenters. The minimum Gasteiger partial charge on any atom is -0.494 e. The molecule has 0 radical (unpaired) electrons. The molecule has 4 rings (SSSR count). The van der Waals surface area contributed by atoms with Gasteiger partial charge in [-0.05, 0) is 48.9 Å². The van der Waals surface area contributed by atoms with E-state index in [1.54, 1.807) is 28.0 Å². The maximum atomic E-state index is 14.0. The first-order valence-electron chi connectivity index (χ1n) is 9.73. The number of thiophene rings is 1. The maximum Gasteiger partial charge on any atom is 0.263 e. The van der Waals surface area contributed by atoms with Crippen molar-refractivity contribution >= 4 is 33.3 Å². The number of fused-ring (bicyclic) bond motifs is 3. The van der Waals surface area contributed by atoms with E-state index in [9.17, 15) is 9.18 Å². The third-order valence-electron chi connectivity index (χ3n) is 5.19. The highest BCUT2D eigenvalue weighted by molar-refractivity contribution is 7.98. The minimum absolute atomic E-state index is 0.0118. The Hall–Kier alpha value is -2.12. The van der Waals surface area contributed by atoms with E-state index in [2.05, 4.69) is 6.58 Å². The molecule has 4 nitrogen and oxygen atoms in total. The third kappa shape index (κ3) is 3.98. The minimum atomic E-state index is -0.389. The monoisotopic (exact) mass is 430 g/mol. The molecule has 1 aliphatic rings. The quantitative estimate of drug-likeness (QED) is 0.229. The summed E-state index contributed by atoms with van der Waals surface area (Å²) in [6.07, 6.45) is 7.22. The van der Waals surface area contributed by atoms with E-state index in [0.717, 1.165) is 35.0 Å². The molecule has 7 heteroatoms. The number of rotatable bonds is 6. The standard InChI is InChI=1S/C22H23FN2O2S2/c1-3-11-25-21(26)19-15-7-5-4-6-8-18(15)29-20(19)24-22(25)28-13-14-9-10-17(27-2)16(23)12-14/h3,9-10,12H,1,4-8,11,13H2,2H3. The largest absolute Gasteiger partial charge is 0.494 e. The van der Waals surface area contributed by atoms with Crippen LogP contribution in [0.25, 0.3) is 10.2 Å². The van der Waals surface area contributed by atoms with Crippen LogP contribution in [0, 0.1) is 5.82 Å². The van der Waals surface area contributed by atoms with Gasteiger partial charge in [-0.15, -0.1) is 17.9 Å². The van der Waals surface area contributed by atoms with Crippen LogP contribution in [0.1, 0.15) is 35.3 Å². The van der Waals surface area contributed by atoms with E-state index >= 15 is 0 Å². The first-order valence-corrected chi connectivity index (χ1v) is 11.5. The van der Waals surface area contributed by atoms with E-state index < -0.39 is 0 Å². The predicted octanol–water partition coefficient (Wildman–Crippen LogP) is 5.35. The summed E-state index contributed by atoms with van der Waals surface area (Å²) in [5, 5.41) is 1.43. The first kappa shape index (κ1) is 20.2. The number of benzene rings is 1. The lowest BCUT2D eigenvalue weighted by atomic mass is 10.1. The number of aryl methyl sites for hydroxylation is 2. The Morgan fingerprint density at radius 1 is 1.34 bits per heavy atom. The lowest BCUT2D eigenvalue weighted by Crippen LogP contribution is -2.23. The van der Waals surface area contributed by atoms with E-state index in [-0.39, 0.29) is 17.1 Å². The summed E-state index contributed by atoms with van der Waals surface area (Å²) < 4.78 is 20.7. The van der Waals surface area contributed by atoms with Gasteiger partial charge < -0.3 is 4.74 Å². The number of hydrogen-bond donors (Lipinski definition) is 0. The third-order valence-corrected chi connectivity index (χ3v) is 7.42. The van der Waals surface area contributed by atoms with Crippen molar-refractivity contribution in [1.29, 1.82) is 0 Å². The Bertz CT molecular complexity index is 1120. The van der Waals surface area contributed by atoms with Crippen molar-refractivity contribution in [3.63, 3.8) is 0 Å². The summed E-state index contributed by atoms with van der Waals surface area (Å²) in [5.74, 6) is 0.350. The number of nitrogens with zero attached hydrogens (tertiary/aromatic N) is 2. The van der Waals surface area contributed by atoms with Crippen molar-refractivity contribution in [3.8, 4) is 5.75 Å². The van der Waals surface area contributed by atoms with Crippen molar-refractivity contribution in [2.75, 3.05) is 7.11 Å². The molecule has 2 aromatic heterocycles. The van der Waals surface area contributed by atoms with Crippen LogP contribution in [0.4, 0.5) is 4.39 Å². The van der Waals surface area contributed by atoms with Crippen LogP contribution in [0.3, 0.4) is 0 Å². The average Bonchev–Trinajstić information content (AvgIpc) is 2.90. The summed E-state index contributed by atoms with van der Waals surface area (Å²) >= 11 is 3.10. The van der Waals surface area contributed by atoms with Crippen molar-refractivity contribution in [3.05, 3.63) is 63.0 Å². The lowest BCUT2D eigenvalue weighted by molar-refractivity contribution is 0.386. The zero-order chi connectivity index (χ0) is 20.4. The number of thioether (sulfide) groups is 1. The molecule has 152 valence electrons. The molecule has 3 aromatic rings. The van der Waals surface area contributed by atoms with Gasteiger partial charge in [0.2, 0.25) is 0 Å². The summed E-state index contributed by atoms with van der Waals surface area (Å²) in [6.45, 7) is 4.21. The Labute approximate surface area is 177 Å². The highest BCUT2D eigenvalue weighted by Gasteiger charge is 2.21. The SMILES string of the molecule is C=CCn1c(SCc2ccc(OC)c(F)c2)nc2sc3c(c2c1=O)CCCCC3. The number of aromatic nitrogens is 2. The molecule has 0 spiro atoms. The second kappa shape index (κ2) is 8.71. The van der Waals surface area contributed by atoms with Crippen LogP contribution in [-0.2, 0) is 25.1 Å². The number of halogens is 1. The topological polar surface area (TPSA) is 44.1 Å². The predicted molar refractivity (Wildman–Crippen MR) is 118 cm³/mol. The van der Waals surface area contributed by atoms with Crippen LogP contribution < -0.4 is 10.3 Å². The van der Waals surface area contributed by atoms with Gasteiger partial charge in [-0.1, -0.05) is 30.3 Å². The van der Waals surface area contributed by atoms with Gasteiger partial charge in [-0.3, -0.25) is 9.36 Å². The number of ether oxygens (including phenoxy) is 1. The van der Waals surface area contributed by atoms with E-state index in [1.165, 1.54) is 48.2 Å². The highest BCUT2D eigenvalue weighted by Crippen LogP contribution is 2.34. The van der Waals surface area contributed by atoms with Gasteiger partial charge in [-0.25, -0.2) is 9.37 Å². The normalized spacial score (nSPS) is 13.9. The first-order chi connectivity index (χ1) is 14.1. The van der Waals surface area contributed by atoms with Gasteiger partial charge in [0, 0.05) is 17.2 Å². The molecular weight excluding hydrogens is 407 g/mol. The Balaban J connectivity index is 1.71. The van der Waals surface area contributed by atoms with Crippen LogP contribution in [-0.4, -0.2) is 16.7 Å². The maximum absolute atomic E-state index is 14.0. The van der Waals surface area contributed by atoms with E-state index in [0.29, 0.717) is 17.5 Å². The molecule has 1 aliphatic carbocycles. The zero-order valence-corrected chi connectivity index (χ0v) is 18.0. The molecule has 0 aliphatic heterocycles. The molecule has 0 saturated carbocycles. The lowest BCUT2D eigenvalue weighted by Gasteiger charge is -2.11. The smallest absolute Gasteiger partial charge is 0.263 e. The van der Waals surface area contributed by atoms with Gasteiger partial charge in [0.25, 0.3) is 5.56 Å². The van der Waals surface area contributed by atoms with Crippen molar-refractivity contribution in [2.24, 2.45) is 0 Å². The molecule has 0 atom stereocenters. The highest BCUT2D eigenvalue weighted by atomic mass is 32.2. The summed E-state index contributed by atoms with van der Waals surface area (Å²) in [6, 6.07) is 4.92. The van der Waals surface area contributed by atoms with E-state index in [4.69, 9.17) is 9.72 Å². The second-order valence-corrected chi connectivity index (χ2v) is 9.13. The fourth-order valence-electron chi connectivity index (χ4n) is 3.74. The Morgan fingerprint density at radius 2 is 2.17 bits per heavy atom. The molecule has 0 amide bonds.